The summed E-state index contributed by atoms with van der Waals surface area (Å²) in [5.74, 6) is 0.302. The second kappa shape index (κ2) is 8.01. The van der Waals surface area contributed by atoms with Crippen molar-refractivity contribution in [3.05, 3.63) is 6.33 Å². The Kier molecular flexibility index (Phi) is 5.82. The third-order valence-electron chi connectivity index (χ3n) is 4.94. The molecular formula is C17H24F3N7O2. The van der Waals surface area contributed by atoms with Crippen LogP contribution in [0.2, 0.25) is 0 Å². The van der Waals surface area contributed by atoms with E-state index in [0.717, 1.165) is 0 Å². The average molecular weight is 415 g/mol. The number of alkyl halides is 3. The van der Waals surface area contributed by atoms with Gasteiger partial charge in [-0.3, -0.25) is 4.79 Å². The number of carbonyl (C=O) groups excluding carboxylic acids is 1. The molecule has 3 rings (SSSR count). The van der Waals surface area contributed by atoms with Gasteiger partial charge in [-0.15, -0.1) is 0 Å². The first-order valence-corrected chi connectivity index (χ1v) is 9.36. The van der Waals surface area contributed by atoms with E-state index in [1.165, 1.54) is 13.8 Å². The van der Waals surface area contributed by atoms with E-state index in [1.807, 2.05) is 6.92 Å². The first kappa shape index (κ1) is 21.1. The number of hydrogen-bond acceptors (Lipinski definition) is 7. The number of fused-ring (bicyclic) bond motifs is 1. The van der Waals surface area contributed by atoms with Gasteiger partial charge in [-0.05, 0) is 20.3 Å². The van der Waals surface area contributed by atoms with Gasteiger partial charge < -0.3 is 25.2 Å². The maximum Gasteiger partial charge on any atom is 0.416 e. The molecule has 9 nitrogen and oxygen atoms in total. The first-order chi connectivity index (χ1) is 13.6. The number of aliphatic hydroxyl groups is 1. The topological polar surface area (TPSA) is 108 Å². The van der Waals surface area contributed by atoms with Crippen molar-refractivity contribution in [2.45, 2.75) is 58.1 Å². The third kappa shape index (κ3) is 4.52. The number of nitrogens with zero attached hydrogens (tertiary/aromatic N) is 5. The number of anilines is 2. The van der Waals surface area contributed by atoms with Crippen LogP contribution in [0.15, 0.2) is 6.33 Å². The zero-order valence-electron chi connectivity index (χ0n) is 16.4. The number of hydrogen-bond donors (Lipinski definition) is 3. The van der Waals surface area contributed by atoms with Crippen LogP contribution in [0, 0.1) is 0 Å². The van der Waals surface area contributed by atoms with Crippen molar-refractivity contribution in [1.82, 2.24) is 24.4 Å². The van der Waals surface area contributed by atoms with Crippen LogP contribution in [0.25, 0.3) is 11.2 Å². The number of likely N-dealkylation sites (tertiary alicyclic amines) is 1. The van der Waals surface area contributed by atoms with Crippen LogP contribution in [0.3, 0.4) is 0 Å². The molecule has 1 amide bonds. The van der Waals surface area contributed by atoms with Gasteiger partial charge in [0.15, 0.2) is 23.1 Å². The minimum Gasteiger partial charge on any atom is -0.382 e. The molecule has 1 aliphatic rings. The lowest BCUT2D eigenvalue weighted by atomic mass is 10.2. The molecule has 0 aromatic carbocycles. The molecule has 0 aliphatic carbocycles. The predicted molar refractivity (Wildman–Crippen MR) is 100 cm³/mol. The van der Waals surface area contributed by atoms with E-state index in [0.29, 0.717) is 43.0 Å². The Hall–Kier alpha value is -2.63. The van der Waals surface area contributed by atoms with Gasteiger partial charge in [-0.2, -0.15) is 23.1 Å². The molecule has 3 N–H and O–H groups in total. The van der Waals surface area contributed by atoms with E-state index in [9.17, 15) is 23.1 Å². The Balaban J connectivity index is 1.88. The van der Waals surface area contributed by atoms with Crippen molar-refractivity contribution in [3.8, 4) is 0 Å². The van der Waals surface area contributed by atoms with Gasteiger partial charge in [0.2, 0.25) is 11.9 Å². The Morgan fingerprint density at radius 3 is 2.72 bits per heavy atom. The molecule has 0 spiro atoms. The molecule has 160 valence electrons. The number of nitrogens with one attached hydrogen (secondary N) is 2. The fraction of sp³-hybridized carbons (Fsp3) is 0.647. The smallest absolute Gasteiger partial charge is 0.382 e. The van der Waals surface area contributed by atoms with Crippen LogP contribution in [0.5, 0.6) is 0 Å². The highest BCUT2D eigenvalue weighted by atomic mass is 19.4. The van der Waals surface area contributed by atoms with Crippen molar-refractivity contribution in [2.75, 3.05) is 23.7 Å². The summed E-state index contributed by atoms with van der Waals surface area (Å²) < 4.78 is 40.1. The van der Waals surface area contributed by atoms with Crippen LogP contribution in [-0.4, -0.2) is 72.9 Å². The highest BCUT2D eigenvalue weighted by molar-refractivity contribution is 5.84. The summed E-state index contributed by atoms with van der Waals surface area (Å²) in [5.41, 5.74) is 0.949. The molecule has 1 fully saturated rings. The lowest BCUT2D eigenvalue weighted by Gasteiger charge is -2.23. The van der Waals surface area contributed by atoms with Crippen LogP contribution in [0.4, 0.5) is 24.9 Å². The number of aliphatic hydroxyl groups excluding tert-OH is 1. The van der Waals surface area contributed by atoms with Gasteiger partial charge >= 0.3 is 6.18 Å². The van der Waals surface area contributed by atoms with E-state index in [2.05, 4.69) is 25.6 Å². The third-order valence-corrected chi connectivity index (χ3v) is 4.94. The van der Waals surface area contributed by atoms with Gasteiger partial charge in [0, 0.05) is 32.6 Å². The SMILES string of the molecule is CCn1cnc2c(N[C@H]3CCN(C(C)=O)C3)nc(NC(C)C(O)C(F)(F)F)nc21. The fourth-order valence-electron chi connectivity index (χ4n) is 3.26. The Bertz CT molecular complexity index is 886. The number of carbonyl (C=O) groups is 1. The van der Waals surface area contributed by atoms with E-state index in [4.69, 9.17) is 0 Å². The summed E-state index contributed by atoms with van der Waals surface area (Å²) in [6.07, 6.45) is -5.03. The molecule has 1 aliphatic heterocycles. The number of halogens is 3. The Morgan fingerprint density at radius 2 is 2.14 bits per heavy atom. The highest BCUT2D eigenvalue weighted by Crippen LogP contribution is 2.26. The maximum absolute atomic E-state index is 12.8. The largest absolute Gasteiger partial charge is 0.416 e. The molecule has 12 heteroatoms. The van der Waals surface area contributed by atoms with Crippen molar-refractivity contribution >= 4 is 28.8 Å². The van der Waals surface area contributed by atoms with Gasteiger partial charge in [-0.1, -0.05) is 0 Å². The van der Waals surface area contributed by atoms with Crippen molar-refractivity contribution in [3.63, 3.8) is 0 Å². The summed E-state index contributed by atoms with van der Waals surface area (Å²) >= 11 is 0. The fourth-order valence-corrected chi connectivity index (χ4v) is 3.26. The van der Waals surface area contributed by atoms with Crippen LogP contribution in [-0.2, 0) is 11.3 Å². The van der Waals surface area contributed by atoms with Crippen LogP contribution < -0.4 is 10.6 Å². The van der Waals surface area contributed by atoms with E-state index < -0.39 is 18.3 Å². The van der Waals surface area contributed by atoms with Gasteiger partial charge in [0.05, 0.1) is 12.4 Å². The molecule has 2 unspecified atom stereocenters. The molecule has 2 aromatic heterocycles. The molecule has 0 bridgehead atoms. The number of imidazole rings is 1. The Morgan fingerprint density at radius 1 is 1.41 bits per heavy atom. The zero-order chi connectivity index (χ0) is 21.3. The van der Waals surface area contributed by atoms with E-state index in [1.54, 1.807) is 15.8 Å². The maximum atomic E-state index is 12.8. The molecule has 3 heterocycles. The normalized spacial score (nSPS) is 19.4. The zero-order valence-corrected chi connectivity index (χ0v) is 16.4. The monoisotopic (exact) mass is 415 g/mol. The standard InChI is InChI=1S/C17H24F3N7O2/c1-4-26-8-21-12-14(23-11-5-6-27(7-11)10(3)28)24-16(25-15(12)26)22-9(2)13(29)17(18,19)20/h8-9,11,13,29H,4-7H2,1-3H3,(H2,22,23,24,25)/t9?,11-,13?/m0/s1. The van der Waals surface area contributed by atoms with Gasteiger partial charge in [-0.25, -0.2) is 4.98 Å². The number of aryl methyl sites for hydroxylation is 1. The van der Waals surface area contributed by atoms with Crippen LogP contribution in [0.1, 0.15) is 27.2 Å². The molecular weight excluding hydrogens is 391 g/mol. The molecule has 3 atom stereocenters. The summed E-state index contributed by atoms with van der Waals surface area (Å²) in [4.78, 5) is 26.2. The summed E-state index contributed by atoms with van der Waals surface area (Å²) in [6, 6.07) is -1.41. The average Bonchev–Trinajstić information content (AvgIpc) is 3.27. The second-order valence-electron chi connectivity index (χ2n) is 7.11. The highest BCUT2D eigenvalue weighted by Gasteiger charge is 2.42. The van der Waals surface area contributed by atoms with Gasteiger partial charge in [0.25, 0.3) is 0 Å². The van der Waals surface area contributed by atoms with E-state index in [-0.39, 0.29) is 17.9 Å². The van der Waals surface area contributed by atoms with Gasteiger partial charge in [0.1, 0.15) is 0 Å². The van der Waals surface area contributed by atoms with Crippen LogP contribution >= 0.6 is 0 Å². The van der Waals surface area contributed by atoms with E-state index >= 15 is 0 Å². The van der Waals surface area contributed by atoms with Crippen molar-refractivity contribution in [1.29, 1.82) is 0 Å². The van der Waals surface area contributed by atoms with Crippen molar-refractivity contribution in [2.24, 2.45) is 0 Å². The Labute approximate surface area is 165 Å². The molecule has 29 heavy (non-hydrogen) atoms. The molecule has 1 saturated heterocycles. The predicted octanol–water partition coefficient (Wildman–Crippen LogP) is 1.60. The summed E-state index contributed by atoms with van der Waals surface area (Å²) in [7, 11) is 0. The number of rotatable bonds is 6. The minimum absolute atomic E-state index is 0.0188. The molecule has 0 radical (unpaired) electrons. The second-order valence-corrected chi connectivity index (χ2v) is 7.11. The lowest BCUT2D eigenvalue weighted by molar-refractivity contribution is -0.206. The quantitative estimate of drug-likeness (QED) is 0.658. The minimum atomic E-state index is -4.76. The molecule has 0 saturated carbocycles. The molecule has 2 aromatic rings. The van der Waals surface area contributed by atoms with Crippen molar-refractivity contribution < 1.29 is 23.1 Å². The number of amides is 1. The number of aromatic nitrogens is 4. The summed E-state index contributed by atoms with van der Waals surface area (Å²) in [5, 5.41) is 15.2. The summed E-state index contributed by atoms with van der Waals surface area (Å²) in [6.45, 7) is 6.28. The first-order valence-electron chi connectivity index (χ1n) is 9.36. The lowest BCUT2D eigenvalue weighted by Crippen LogP contribution is -2.42.